The third kappa shape index (κ3) is 4.62. The van der Waals surface area contributed by atoms with E-state index < -0.39 is 0 Å². The second-order valence-electron chi connectivity index (χ2n) is 7.92. The molecule has 1 radical (unpaired) electrons. The number of fused-ring (bicyclic) bond motifs is 2. The van der Waals surface area contributed by atoms with Crippen LogP contribution < -0.4 is 24.8 Å². The monoisotopic (exact) mass is 475 g/mol. The van der Waals surface area contributed by atoms with Crippen molar-refractivity contribution in [2.75, 3.05) is 0 Å². The van der Waals surface area contributed by atoms with E-state index in [-0.39, 0.29) is 46.5 Å². The van der Waals surface area contributed by atoms with Crippen LogP contribution in [0.15, 0.2) is 66.8 Å². The third-order valence-electron chi connectivity index (χ3n) is 5.84. The molecular weight excluding hydrogens is 454 g/mol. The van der Waals surface area contributed by atoms with Gasteiger partial charge in [0.2, 0.25) is 0 Å². The van der Waals surface area contributed by atoms with Crippen molar-refractivity contribution in [1.82, 2.24) is 0 Å². The number of benzene rings is 3. The fraction of sp³-hybridized carbons (Fsp3) is 0.148. The molecule has 0 saturated carbocycles. The van der Waals surface area contributed by atoms with Crippen molar-refractivity contribution in [2.45, 2.75) is 27.2 Å². The van der Waals surface area contributed by atoms with Crippen LogP contribution in [-0.4, -0.2) is 6.91 Å². The summed E-state index contributed by atoms with van der Waals surface area (Å²) in [5.41, 5.74) is 9.23. The molecule has 0 unspecified atom stereocenters. The van der Waals surface area contributed by atoms with Gasteiger partial charge in [-0.3, -0.25) is 0 Å². The maximum absolute atomic E-state index is 3.57. The summed E-state index contributed by atoms with van der Waals surface area (Å²) in [5, 5.41) is 5.17. The Hall–Kier alpha value is -1.63. The van der Waals surface area contributed by atoms with E-state index in [1.165, 1.54) is 60.4 Å². The maximum Gasteiger partial charge on any atom is 3.00 e. The predicted octanol–water partition coefficient (Wildman–Crippen LogP) is 1.07. The fourth-order valence-electron chi connectivity index (χ4n) is 4.68. The molecule has 0 bridgehead atoms. The van der Waals surface area contributed by atoms with Crippen LogP contribution in [0.3, 0.4) is 0 Å². The van der Waals surface area contributed by atoms with Crippen molar-refractivity contribution in [3.63, 3.8) is 0 Å². The van der Waals surface area contributed by atoms with Crippen LogP contribution >= 0.6 is 0 Å². The maximum atomic E-state index is 3.57. The predicted molar refractivity (Wildman–Crippen MR) is 123 cm³/mol. The molecule has 0 N–H and O–H groups in total. The molecule has 0 amide bonds. The Morgan fingerprint density at radius 3 is 2.23 bits per heavy atom. The molecule has 1 aliphatic carbocycles. The summed E-state index contributed by atoms with van der Waals surface area (Å²) >= 11 is 0. The first-order valence-electron chi connectivity index (χ1n) is 9.93. The zero-order valence-corrected chi connectivity index (χ0v) is 21.0. The Morgan fingerprint density at radius 2 is 1.55 bits per heavy atom. The Labute approximate surface area is 212 Å². The van der Waals surface area contributed by atoms with Gasteiger partial charge in [-0.2, -0.15) is 0 Å². The largest absolute Gasteiger partial charge is 3.00 e. The molecule has 0 nitrogen and oxygen atoms in total. The Morgan fingerprint density at radius 1 is 0.839 bits per heavy atom. The summed E-state index contributed by atoms with van der Waals surface area (Å²) in [6, 6.07) is 18.0. The molecule has 0 fully saturated rings. The molecule has 4 heteroatoms. The van der Waals surface area contributed by atoms with E-state index >= 15 is 0 Å². The molecule has 1 aliphatic rings. The van der Waals surface area contributed by atoms with E-state index in [1.807, 2.05) is 0 Å². The molecule has 0 atom stereocenters. The van der Waals surface area contributed by atoms with E-state index in [0.29, 0.717) is 0 Å². The van der Waals surface area contributed by atoms with Crippen molar-refractivity contribution < 1.29 is 46.5 Å². The van der Waals surface area contributed by atoms with Crippen molar-refractivity contribution in [3.05, 3.63) is 95.0 Å². The third-order valence-corrected chi connectivity index (χ3v) is 5.84. The minimum Gasteiger partial charge on any atom is -1.00 e. The summed E-state index contributed by atoms with van der Waals surface area (Å²) in [6.07, 6.45) is 7.54. The van der Waals surface area contributed by atoms with Gasteiger partial charge in [0.25, 0.3) is 0 Å². The Bertz CT molecular complexity index is 1300. The van der Waals surface area contributed by atoms with Crippen molar-refractivity contribution in [2.24, 2.45) is 0 Å². The molecule has 1 aromatic heterocycles. The van der Waals surface area contributed by atoms with E-state index in [9.17, 15) is 0 Å². The topological polar surface area (TPSA) is 0 Å². The molecular formula is C27H22BCl2Ti. The first kappa shape index (κ1) is 25.6. The minimum atomic E-state index is 0. The number of halogens is 2. The van der Waals surface area contributed by atoms with Gasteiger partial charge in [0.05, 0.1) is 0 Å². The summed E-state index contributed by atoms with van der Waals surface area (Å²) in [6.45, 7) is 8.84. The van der Waals surface area contributed by atoms with Crippen molar-refractivity contribution in [3.8, 4) is 11.1 Å². The Kier molecular flexibility index (Phi) is 8.54. The first-order valence-corrected chi connectivity index (χ1v) is 9.93. The van der Waals surface area contributed by atoms with Gasteiger partial charge in [-0.25, -0.2) is 0 Å². The average molecular weight is 476 g/mol. The van der Waals surface area contributed by atoms with Crippen LogP contribution in [0, 0.1) is 26.7 Å². The second kappa shape index (κ2) is 10.3. The molecule has 5 rings (SSSR count). The van der Waals surface area contributed by atoms with Gasteiger partial charge >= 0.3 is 189 Å². The smallest absolute Gasteiger partial charge is 1.00 e. The van der Waals surface area contributed by atoms with E-state index in [0.717, 1.165) is 6.42 Å². The van der Waals surface area contributed by atoms with E-state index in [4.69, 9.17) is 0 Å². The van der Waals surface area contributed by atoms with Crippen LogP contribution in [0.1, 0.15) is 28.7 Å². The fourth-order valence-corrected chi connectivity index (χ4v) is 4.68. The van der Waals surface area contributed by atoms with Gasteiger partial charge in [-0.05, 0) is 0 Å². The van der Waals surface area contributed by atoms with Crippen molar-refractivity contribution in [1.29, 1.82) is 0 Å². The number of hydrogen-bond donors (Lipinski definition) is 0. The van der Waals surface area contributed by atoms with Gasteiger partial charge in [0.1, 0.15) is 0 Å². The van der Waals surface area contributed by atoms with Crippen LogP contribution in [0.2, 0.25) is 0 Å². The molecule has 0 aliphatic heterocycles. The number of rotatable bonds is 2. The first-order chi connectivity index (χ1) is 13.6. The van der Waals surface area contributed by atoms with Gasteiger partial charge in [-0.15, -0.1) is 0 Å². The quantitative estimate of drug-likeness (QED) is 0.231. The molecule has 3 aromatic carbocycles. The summed E-state index contributed by atoms with van der Waals surface area (Å²) in [5.74, 6) is 3.57. The zero-order valence-electron chi connectivity index (χ0n) is 17.9. The number of allylic oxidation sites excluding steroid dienone is 4. The molecule has 0 spiro atoms. The molecule has 31 heavy (non-hydrogen) atoms. The van der Waals surface area contributed by atoms with Gasteiger partial charge in [0.15, 0.2) is 0 Å². The van der Waals surface area contributed by atoms with Gasteiger partial charge in [0, 0.05) is 0 Å². The summed E-state index contributed by atoms with van der Waals surface area (Å²) in [7, 11) is 0. The Balaban J connectivity index is 0.00000114. The molecule has 1 heterocycles. The summed E-state index contributed by atoms with van der Waals surface area (Å²) < 4.78 is 0. The normalized spacial score (nSPS) is 12.0. The SMILES string of the molecule is Cc1cc(C)c(-c2c3b[c-]c(C4=CC=CC4)cc3cc3ccccc23)c(C)c1.[Cl-].[Cl-].[Ti+3]. The average Bonchev–Trinajstić information content (AvgIpc) is 3.21. The van der Waals surface area contributed by atoms with Crippen LogP contribution in [-0.2, 0) is 21.7 Å². The van der Waals surface area contributed by atoms with Crippen LogP contribution in [0.5, 0.6) is 0 Å². The number of hydrogen-bond acceptors (Lipinski definition) is 0. The molecule has 0 saturated heterocycles. The molecule has 151 valence electrons. The van der Waals surface area contributed by atoms with Gasteiger partial charge in [-0.1, -0.05) is 0 Å². The molecule has 4 aromatic rings. The van der Waals surface area contributed by atoms with Crippen molar-refractivity contribution >= 4 is 33.9 Å². The van der Waals surface area contributed by atoms with Crippen LogP contribution in [0.25, 0.3) is 38.1 Å². The standard InChI is InChI=1S/C27H22B.2ClH.Ti/c1-17-12-18(2)25(19(3)13-17)26-24-11-7-6-10-21(24)14-22-15-23(16-28-27(22)26)20-8-4-5-9-20;;;/h4-8,10-15H,9H2,1-3H3;2*1H;/q-1;;;+3/p-2. The van der Waals surface area contributed by atoms with E-state index in [1.54, 1.807) is 0 Å². The summed E-state index contributed by atoms with van der Waals surface area (Å²) in [4.78, 5) is 0. The number of aryl methyl sites for hydroxylation is 3. The van der Waals surface area contributed by atoms with Crippen LogP contribution in [0.4, 0.5) is 0 Å². The zero-order chi connectivity index (χ0) is 19.3. The van der Waals surface area contributed by atoms with Gasteiger partial charge < -0.3 is 24.8 Å². The minimum absolute atomic E-state index is 0. The van der Waals surface area contributed by atoms with E-state index in [2.05, 4.69) is 100 Å². The second-order valence-corrected chi connectivity index (χ2v) is 7.92.